The molecule has 3 heterocycles. The summed E-state index contributed by atoms with van der Waals surface area (Å²) in [4.78, 5) is 13.0. The number of nitrogens with zero attached hydrogens (tertiary/aromatic N) is 3. The first-order valence-electron chi connectivity index (χ1n) is 7.77. The third kappa shape index (κ3) is 2.77. The number of ketones is 1. The number of aromatic nitrogens is 3. The molecule has 0 atom stereocenters. The van der Waals surface area contributed by atoms with E-state index in [1.165, 1.54) is 40.4 Å². The van der Waals surface area contributed by atoms with Crippen LogP contribution in [0.25, 0.3) is 16.4 Å². The number of aromatic hydroxyl groups is 2. The van der Waals surface area contributed by atoms with Gasteiger partial charge in [-0.05, 0) is 48.9 Å². The Morgan fingerprint density at radius 1 is 1.19 bits per heavy atom. The van der Waals surface area contributed by atoms with Crippen LogP contribution in [-0.4, -0.2) is 30.8 Å². The van der Waals surface area contributed by atoms with Crippen LogP contribution in [0.15, 0.2) is 46.3 Å². The maximum atomic E-state index is 13.4. The van der Waals surface area contributed by atoms with Gasteiger partial charge in [0.05, 0.1) is 11.3 Å². The van der Waals surface area contributed by atoms with E-state index in [9.17, 15) is 19.4 Å². The van der Waals surface area contributed by atoms with Crippen molar-refractivity contribution in [2.45, 2.75) is 6.92 Å². The van der Waals surface area contributed by atoms with Crippen molar-refractivity contribution in [1.29, 1.82) is 0 Å². The fourth-order valence-corrected chi connectivity index (χ4v) is 3.34. The molecule has 0 aliphatic carbocycles. The summed E-state index contributed by atoms with van der Waals surface area (Å²) < 4.78 is 19.9. The lowest BCUT2D eigenvalue weighted by atomic mass is 10.0. The van der Waals surface area contributed by atoms with Gasteiger partial charge in [-0.15, -0.1) is 10.2 Å². The van der Waals surface area contributed by atoms with E-state index >= 15 is 0 Å². The lowest BCUT2D eigenvalue weighted by Crippen LogP contribution is -2.04. The molecule has 0 saturated heterocycles. The highest BCUT2D eigenvalue weighted by atomic mass is 32.1. The molecule has 2 N–H and O–H groups in total. The average molecular weight is 385 g/mol. The van der Waals surface area contributed by atoms with Gasteiger partial charge in [0.15, 0.2) is 11.5 Å². The number of hydrogen-bond donors (Lipinski definition) is 2. The number of furan rings is 1. The van der Waals surface area contributed by atoms with Gasteiger partial charge in [-0.25, -0.2) is 4.39 Å². The van der Waals surface area contributed by atoms with Gasteiger partial charge in [-0.2, -0.15) is 0 Å². The van der Waals surface area contributed by atoms with E-state index in [1.807, 2.05) is 0 Å². The average Bonchev–Trinajstić information content (AvgIpc) is 3.37. The van der Waals surface area contributed by atoms with Gasteiger partial charge in [0.2, 0.25) is 16.8 Å². The Kier molecular flexibility index (Phi) is 4.00. The van der Waals surface area contributed by atoms with Gasteiger partial charge >= 0.3 is 0 Å². The minimum atomic E-state index is -0.626. The summed E-state index contributed by atoms with van der Waals surface area (Å²) in [5.74, 6) is -1.76. The lowest BCUT2D eigenvalue weighted by Gasteiger charge is -2.08. The Balaban J connectivity index is 2.02. The lowest BCUT2D eigenvalue weighted by molar-refractivity contribution is 0.101. The highest BCUT2D eigenvalue weighted by Crippen LogP contribution is 2.44. The SMILES string of the molecule is Cc1ccc(C(=O)c2c(O)c(O)n(-c3nncs3)c2-c2ccc(F)cc2)o1. The van der Waals surface area contributed by atoms with Crippen molar-refractivity contribution in [3.63, 3.8) is 0 Å². The quantitative estimate of drug-likeness (QED) is 0.520. The minimum Gasteiger partial charge on any atom is -0.503 e. The number of aryl methyl sites for hydroxylation is 1. The van der Waals surface area contributed by atoms with Crippen LogP contribution in [-0.2, 0) is 0 Å². The van der Waals surface area contributed by atoms with Gasteiger partial charge in [0, 0.05) is 0 Å². The fourth-order valence-electron chi connectivity index (χ4n) is 2.77. The van der Waals surface area contributed by atoms with E-state index in [4.69, 9.17) is 4.42 Å². The Labute approximate surface area is 156 Å². The van der Waals surface area contributed by atoms with Crippen LogP contribution in [0.4, 0.5) is 4.39 Å². The number of benzene rings is 1. The topological polar surface area (TPSA) is 101 Å². The van der Waals surface area contributed by atoms with E-state index in [-0.39, 0.29) is 22.1 Å². The van der Waals surface area contributed by atoms with E-state index in [0.29, 0.717) is 11.3 Å². The van der Waals surface area contributed by atoms with E-state index < -0.39 is 23.2 Å². The molecule has 27 heavy (non-hydrogen) atoms. The second-order valence-electron chi connectivity index (χ2n) is 5.70. The Bertz CT molecular complexity index is 1130. The zero-order valence-corrected chi connectivity index (χ0v) is 14.7. The second kappa shape index (κ2) is 6.36. The van der Waals surface area contributed by atoms with Crippen LogP contribution in [0.3, 0.4) is 0 Å². The summed E-state index contributed by atoms with van der Waals surface area (Å²) in [5, 5.41) is 28.8. The summed E-state index contributed by atoms with van der Waals surface area (Å²) in [7, 11) is 0. The third-order valence-electron chi connectivity index (χ3n) is 3.97. The molecule has 4 aromatic rings. The van der Waals surface area contributed by atoms with Gasteiger partial charge in [0.1, 0.15) is 17.1 Å². The Hall–Kier alpha value is -3.46. The van der Waals surface area contributed by atoms with Crippen molar-refractivity contribution < 1.29 is 23.8 Å². The molecule has 0 bridgehead atoms. The molecular formula is C18H12FN3O4S. The van der Waals surface area contributed by atoms with Crippen molar-refractivity contribution >= 4 is 17.1 Å². The molecule has 4 rings (SSSR count). The zero-order valence-electron chi connectivity index (χ0n) is 13.9. The molecule has 1 aromatic carbocycles. The first kappa shape index (κ1) is 17.0. The van der Waals surface area contributed by atoms with E-state index in [0.717, 1.165) is 11.3 Å². The molecule has 9 heteroatoms. The summed E-state index contributed by atoms with van der Waals surface area (Å²) >= 11 is 1.10. The van der Waals surface area contributed by atoms with Crippen molar-refractivity contribution in [2.75, 3.05) is 0 Å². The predicted molar refractivity (Wildman–Crippen MR) is 94.8 cm³/mol. The predicted octanol–water partition coefficient (Wildman–Crippen LogP) is 3.68. The molecule has 0 saturated carbocycles. The molecule has 0 fully saturated rings. The number of halogens is 1. The number of hydrogen-bond acceptors (Lipinski definition) is 7. The molecule has 0 spiro atoms. The normalized spacial score (nSPS) is 11.0. The first-order valence-corrected chi connectivity index (χ1v) is 8.65. The van der Waals surface area contributed by atoms with Gasteiger partial charge < -0.3 is 14.6 Å². The Morgan fingerprint density at radius 3 is 2.52 bits per heavy atom. The fraction of sp³-hybridized carbons (Fsp3) is 0.0556. The largest absolute Gasteiger partial charge is 0.503 e. The smallest absolute Gasteiger partial charge is 0.242 e. The highest BCUT2D eigenvalue weighted by molar-refractivity contribution is 7.11. The molecular weight excluding hydrogens is 373 g/mol. The second-order valence-corrected chi connectivity index (χ2v) is 6.51. The van der Waals surface area contributed by atoms with E-state index in [2.05, 4.69) is 10.2 Å². The van der Waals surface area contributed by atoms with Crippen LogP contribution in [0.5, 0.6) is 11.6 Å². The van der Waals surface area contributed by atoms with Crippen LogP contribution in [0, 0.1) is 12.7 Å². The Morgan fingerprint density at radius 2 is 1.93 bits per heavy atom. The number of carbonyl (C=O) groups excluding carboxylic acids is 1. The molecule has 7 nitrogen and oxygen atoms in total. The summed E-state index contributed by atoms with van der Waals surface area (Å²) in [6.07, 6.45) is 0. The van der Waals surface area contributed by atoms with E-state index in [1.54, 1.807) is 13.0 Å². The molecule has 136 valence electrons. The van der Waals surface area contributed by atoms with Gasteiger partial charge in [-0.1, -0.05) is 11.3 Å². The molecule has 0 aliphatic rings. The van der Waals surface area contributed by atoms with Crippen molar-refractivity contribution in [3.05, 3.63) is 64.8 Å². The van der Waals surface area contributed by atoms with Crippen molar-refractivity contribution in [2.24, 2.45) is 0 Å². The number of rotatable bonds is 4. The molecule has 0 aliphatic heterocycles. The van der Waals surface area contributed by atoms with Crippen LogP contribution in [0.1, 0.15) is 21.9 Å². The molecule has 3 aromatic heterocycles. The van der Waals surface area contributed by atoms with Gasteiger partial charge in [-0.3, -0.25) is 9.36 Å². The van der Waals surface area contributed by atoms with Crippen LogP contribution in [0.2, 0.25) is 0 Å². The third-order valence-corrected chi connectivity index (χ3v) is 4.64. The van der Waals surface area contributed by atoms with Gasteiger partial charge in [0.25, 0.3) is 0 Å². The zero-order chi connectivity index (χ0) is 19.1. The summed E-state index contributed by atoms with van der Waals surface area (Å²) in [6, 6.07) is 8.39. The highest BCUT2D eigenvalue weighted by Gasteiger charge is 2.32. The summed E-state index contributed by atoms with van der Waals surface area (Å²) in [5.41, 5.74) is 1.82. The van der Waals surface area contributed by atoms with Crippen molar-refractivity contribution in [1.82, 2.24) is 14.8 Å². The molecule has 0 radical (unpaired) electrons. The number of carbonyl (C=O) groups is 1. The van der Waals surface area contributed by atoms with Crippen LogP contribution >= 0.6 is 11.3 Å². The maximum Gasteiger partial charge on any atom is 0.242 e. The minimum absolute atomic E-state index is 0.000533. The monoisotopic (exact) mass is 385 g/mol. The first-order chi connectivity index (χ1) is 13.0. The molecule has 0 unspecified atom stereocenters. The standard InChI is InChI=1S/C18H12FN3O4S/c1-9-2-7-12(26-9)15(23)13-14(10-3-5-11(19)6-4-10)22(17(25)16(13)24)18-21-20-8-27-18/h2-8,24-25H,1H3. The van der Waals surface area contributed by atoms with Crippen LogP contribution < -0.4 is 0 Å². The van der Waals surface area contributed by atoms with Crippen molar-refractivity contribution in [3.8, 4) is 28.0 Å². The molecule has 0 amide bonds. The maximum absolute atomic E-state index is 13.4. The summed E-state index contributed by atoms with van der Waals surface area (Å²) in [6.45, 7) is 1.68.